The van der Waals surface area contributed by atoms with E-state index in [-0.39, 0.29) is 5.91 Å². The molecule has 2 aromatic heterocycles. The first-order chi connectivity index (χ1) is 10.5. The quantitative estimate of drug-likeness (QED) is 0.807. The van der Waals surface area contributed by atoms with Crippen LogP contribution in [0.1, 0.15) is 21.9 Å². The summed E-state index contributed by atoms with van der Waals surface area (Å²) in [5.41, 5.74) is 4.24. The molecule has 0 saturated carbocycles. The van der Waals surface area contributed by atoms with Crippen LogP contribution in [0.3, 0.4) is 0 Å². The number of hydrogen-bond acceptors (Lipinski definition) is 3. The first kappa shape index (κ1) is 14.1. The van der Waals surface area contributed by atoms with Crippen LogP contribution in [-0.4, -0.2) is 25.2 Å². The van der Waals surface area contributed by atoms with Gasteiger partial charge in [-0.2, -0.15) is 5.10 Å². The summed E-state index contributed by atoms with van der Waals surface area (Å²) in [5.74, 6) is -0.219. The first-order valence-electron chi connectivity index (χ1n) is 6.96. The van der Waals surface area contributed by atoms with Gasteiger partial charge in [0.2, 0.25) is 0 Å². The van der Waals surface area contributed by atoms with Crippen LogP contribution < -0.4 is 5.32 Å². The van der Waals surface area contributed by atoms with Crippen molar-refractivity contribution in [1.29, 1.82) is 0 Å². The third kappa shape index (κ3) is 2.63. The highest BCUT2D eigenvalue weighted by atomic mass is 16.1. The highest BCUT2D eigenvalue weighted by molar-refractivity contribution is 6.02. The van der Waals surface area contributed by atoms with Crippen molar-refractivity contribution in [2.45, 2.75) is 13.8 Å². The van der Waals surface area contributed by atoms with Crippen molar-refractivity contribution in [2.24, 2.45) is 7.05 Å². The van der Waals surface area contributed by atoms with Crippen LogP contribution in [-0.2, 0) is 7.05 Å². The molecule has 0 aliphatic heterocycles. The maximum Gasteiger partial charge on any atom is 0.276 e. The van der Waals surface area contributed by atoms with E-state index >= 15 is 0 Å². The Kier molecular flexibility index (Phi) is 3.50. The molecule has 1 aromatic carbocycles. The van der Waals surface area contributed by atoms with Gasteiger partial charge in [-0.15, -0.1) is 0 Å². The molecule has 0 saturated heterocycles. The number of amides is 1. The van der Waals surface area contributed by atoms with Gasteiger partial charge >= 0.3 is 0 Å². The number of nitrogens with one attached hydrogen (secondary N) is 1. The van der Waals surface area contributed by atoms with Crippen molar-refractivity contribution in [1.82, 2.24) is 19.3 Å². The molecule has 6 heteroatoms. The topological polar surface area (TPSA) is 64.7 Å². The lowest BCUT2D eigenvalue weighted by molar-refractivity contribution is 0.102. The van der Waals surface area contributed by atoms with Gasteiger partial charge in [0.25, 0.3) is 5.91 Å². The number of aromatic nitrogens is 4. The maximum absolute atomic E-state index is 12.0. The molecular weight excluding hydrogens is 278 g/mol. The van der Waals surface area contributed by atoms with Crippen LogP contribution in [0.5, 0.6) is 0 Å². The summed E-state index contributed by atoms with van der Waals surface area (Å²) in [4.78, 5) is 16.3. The average Bonchev–Trinajstić information content (AvgIpc) is 3.08. The molecule has 0 fully saturated rings. The minimum atomic E-state index is -0.219. The van der Waals surface area contributed by atoms with Gasteiger partial charge in [0.1, 0.15) is 0 Å². The summed E-state index contributed by atoms with van der Waals surface area (Å²) < 4.78 is 3.61. The van der Waals surface area contributed by atoms with Crippen LogP contribution >= 0.6 is 0 Å². The fraction of sp³-hybridized carbons (Fsp3) is 0.188. The first-order valence-corrected chi connectivity index (χ1v) is 6.96. The minimum absolute atomic E-state index is 0.219. The molecular formula is C16H17N5O. The molecule has 0 aliphatic rings. The van der Waals surface area contributed by atoms with Crippen molar-refractivity contribution in [3.05, 3.63) is 59.9 Å². The van der Waals surface area contributed by atoms with E-state index in [0.717, 1.165) is 22.8 Å². The van der Waals surface area contributed by atoms with E-state index in [0.29, 0.717) is 5.69 Å². The Morgan fingerprint density at radius 3 is 2.41 bits per heavy atom. The SMILES string of the molecule is Cc1ncn(-c2ccc(NC(=O)c3ccn(C)n3)cc2)c1C. The minimum Gasteiger partial charge on any atom is -0.321 e. The van der Waals surface area contributed by atoms with Gasteiger partial charge in [-0.3, -0.25) is 9.48 Å². The van der Waals surface area contributed by atoms with E-state index in [4.69, 9.17) is 0 Å². The number of rotatable bonds is 3. The molecule has 0 spiro atoms. The zero-order valence-electron chi connectivity index (χ0n) is 12.7. The molecule has 3 aromatic rings. The Labute approximate surface area is 128 Å². The van der Waals surface area contributed by atoms with Crippen LogP contribution in [0.25, 0.3) is 5.69 Å². The van der Waals surface area contributed by atoms with E-state index in [1.165, 1.54) is 0 Å². The van der Waals surface area contributed by atoms with Gasteiger partial charge in [-0.1, -0.05) is 0 Å². The molecule has 112 valence electrons. The van der Waals surface area contributed by atoms with Gasteiger partial charge < -0.3 is 9.88 Å². The summed E-state index contributed by atoms with van der Waals surface area (Å²) >= 11 is 0. The lowest BCUT2D eigenvalue weighted by Gasteiger charge is -2.08. The lowest BCUT2D eigenvalue weighted by atomic mass is 10.2. The Hall–Kier alpha value is -2.89. The second-order valence-electron chi connectivity index (χ2n) is 5.16. The highest BCUT2D eigenvalue weighted by Crippen LogP contribution is 2.17. The molecule has 1 N–H and O–H groups in total. The number of benzene rings is 1. The number of carbonyl (C=O) groups excluding carboxylic acids is 1. The number of aryl methyl sites for hydroxylation is 2. The highest BCUT2D eigenvalue weighted by Gasteiger charge is 2.09. The Balaban J connectivity index is 1.77. The number of nitrogens with zero attached hydrogens (tertiary/aromatic N) is 4. The smallest absolute Gasteiger partial charge is 0.276 e. The monoisotopic (exact) mass is 295 g/mol. The van der Waals surface area contributed by atoms with Gasteiger partial charge in [0.15, 0.2) is 5.69 Å². The molecule has 22 heavy (non-hydrogen) atoms. The number of anilines is 1. The molecule has 0 radical (unpaired) electrons. The van der Waals surface area contributed by atoms with Crippen molar-refractivity contribution < 1.29 is 4.79 Å². The standard InChI is InChI=1S/C16H17N5O/c1-11-12(2)21(10-17-11)14-6-4-13(5-7-14)18-16(22)15-8-9-20(3)19-15/h4-10H,1-3H3,(H,18,22). The number of hydrogen-bond donors (Lipinski definition) is 1. The average molecular weight is 295 g/mol. The van der Waals surface area contributed by atoms with E-state index in [1.54, 1.807) is 30.3 Å². The van der Waals surface area contributed by atoms with Crippen molar-refractivity contribution in [3.63, 3.8) is 0 Å². The zero-order valence-corrected chi connectivity index (χ0v) is 12.7. The predicted octanol–water partition coefficient (Wildman–Crippen LogP) is 2.47. The van der Waals surface area contributed by atoms with Crippen molar-refractivity contribution in [3.8, 4) is 5.69 Å². The molecule has 2 heterocycles. The van der Waals surface area contributed by atoms with Gasteiger partial charge in [-0.05, 0) is 44.2 Å². The molecule has 3 rings (SSSR count). The molecule has 1 amide bonds. The van der Waals surface area contributed by atoms with Crippen molar-refractivity contribution in [2.75, 3.05) is 5.32 Å². The van der Waals surface area contributed by atoms with E-state index in [9.17, 15) is 4.79 Å². The van der Waals surface area contributed by atoms with Gasteiger partial charge in [0, 0.05) is 30.3 Å². The summed E-state index contributed by atoms with van der Waals surface area (Å²) in [6.45, 7) is 4.01. The molecule has 0 bridgehead atoms. The molecule has 6 nitrogen and oxygen atoms in total. The normalized spacial score (nSPS) is 10.7. The second-order valence-corrected chi connectivity index (χ2v) is 5.16. The second kappa shape index (κ2) is 5.48. The largest absolute Gasteiger partial charge is 0.321 e. The van der Waals surface area contributed by atoms with E-state index in [1.807, 2.05) is 42.7 Å². The summed E-state index contributed by atoms with van der Waals surface area (Å²) in [7, 11) is 1.78. The molecule has 0 atom stereocenters. The maximum atomic E-state index is 12.0. The van der Waals surface area contributed by atoms with Gasteiger partial charge in [-0.25, -0.2) is 4.98 Å². The molecule has 0 unspecified atom stereocenters. The summed E-state index contributed by atoms with van der Waals surface area (Å²) in [5, 5.41) is 6.91. The fourth-order valence-corrected chi connectivity index (χ4v) is 2.20. The van der Waals surface area contributed by atoms with Crippen LogP contribution in [0.4, 0.5) is 5.69 Å². The van der Waals surface area contributed by atoms with Gasteiger partial charge in [0.05, 0.1) is 12.0 Å². The summed E-state index contributed by atoms with van der Waals surface area (Å²) in [6.07, 6.45) is 3.54. The Bertz CT molecular complexity index is 813. The number of imidazole rings is 1. The Morgan fingerprint density at radius 2 is 1.86 bits per heavy atom. The zero-order chi connectivity index (χ0) is 15.7. The predicted molar refractivity (Wildman–Crippen MR) is 84.2 cm³/mol. The van der Waals surface area contributed by atoms with E-state index < -0.39 is 0 Å². The fourth-order valence-electron chi connectivity index (χ4n) is 2.20. The third-order valence-corrected chi connectivity index (χ3v) is 3.60. The lowest BCUT2D eigenvalue weighted by Crippen LogP contribution is -2.13. The summed E-state index contributed by atoms with van der Waals surface area (Å²) in [6, 6.07) is 9.31. The van der Waals surface area contributed by atoms with Crippen LogP contribution in [0, 0.1) is 13.8 Å². The number of carbonyl (C=O) groups is 1. The van der Waals surface area contributed by atoms with E-state index in [2.05, 4.69) is 15.4 Å². The van der Waals surface area contributed by atoms with Crippen LogP contribution in [0.15, 0.2) is 42.9 Å². The molecule has 0 aliphatic carbocycles. The Morgan fingerprint density at radius 1 is 1.14 bits per heavy atom. The van der Waals surface area contributed by atoms with Crippen LogP contribution in [0.2, 0.25) is 0 Å². The van der Waals surface area contributed by atoms with Crippen molar-refractivity contribution >= 4 is 11.6 Å². The third-order valence-electron chi connectivity index (χ3n) is 3.60.